The van der Waals surface area contributed by atoms with Crippen LogP contribution < -0.4 is 6.15 Å². The Morgan fingerprint density at radius 1 is 1.40 bits per heavy atom. The largest absolute Gasteiger partial charge is 0.466 e. The second kappa shape index (κ2) is 6.54. The van der Waals surface area contributed by atoms with Gasteiger partial charge in [0, 0.05) is 0 Å². The zero-order valence-electron chi connectivity index (χ0n) is 9.11. The zero-order valence-corrected chi connectivity index (χ0v) is 9.93. The summed E-state index contributed by atoms with van der Waals surface area (Å²) < 4.78 is 34.2. The fraction of sp³-hybridized carbons (Fsp3) is 0.625. The average molecular weight is 239 g/mol. The third kappa shape index (κ3) is 6.21. The Hall–Kier alpha value is -0.920. The summed E-state index contributed by atoms with van der Waals surface area (Å²) in [4.78, 5) is 11.1. The molecule has 0 atom stereocenters. The van der Waals surface area contributed by atoms with Crippen molar-refractivity contribution in [2.24, 2.45) is 0 Å². The van der Waals surface area contributed by atoms with Crippen molar-refractivity contribution in [3.63, 3.8) is 0 Å². The fourth-order valence-corrected chi connectivity index (χ4v) is 1.60. The van der Waals surface area contributed by atoms with E-state index in [1.54, 1.807) is 13.8 Å². The summed E-state index contributed by atoms with van der Waals surface area (Å²) in [5.41, 5.74) is 0.590. The van der Waals surface area contributed by atoms with Gasteiger partial charge >= 0.3 is 5.97 Å². The molecule has 0 fully saturated rings. The number of hydrogen-bond donors (Lipinski definition) is 2. The van der Waals surface area contributed by atoms with E-state index in [-0.39, 0.29) is 11.7 Å². The molecule has 0 rings (SSSR count). The van der Waals surface area contributed by atoms with Crippen molar-refractivity contribution in [3.8, 4) is 0 Å². The number of allylic oxidation sites excluding steroid dienone is 1. The second-order valence-electron chi connectivity index (χ2n) is 2.83. The Morgan fingerprint density at radius 3 is 2.13 bits per heavy atom. The molecule has 0 aromatic rings. The lowest BCUT2D eigenvalue weighted by Crippen LogP contribution is -2.16. The molecule has 0 aromatic carbocycles. The van der Waals surface area contributed by atoms with Gasteiger partial charge in [0.1, 0.15) is 5.75 Å². The molecule has 0 bridgehead atoms. The Morgan fingerprint density at radius 2 is 1.87 bits per heavy atom. The molecule has 15 heavy (non-hydrogen) atoms. The van der Waals surface area contributed by atoms with Crippen molar-refractivity contribution < 1.29 is 22.5 Å². The van der Waals surface area contributed by atoms with E-state index >= 15 is 0 Å². The molecule has 4 N–H and O–H groups in total. The summed E-state index contributed by atoms with van der Waals surface area (Å²) in [6.45, 7) is 3.40. The quantitative estimate of drug-likeness (QED) is 0.428. The average Bonchev–Trinajstić information content (AvgIpc) is 2.10. The molecule has 0 amide bonds. The van der Waals surface area contributed by atoms with Crippen molar-refractivity contribution >= 4 is 16.1 Å². The molecular formula is C8H17NO5S. The van der Waals surface area contributed by atoms with Gasteiger partial charge in [-0.1, -0.05) is 12.5 Å². The maximum Gasteiger partial charge on any atom is 0.334 e. The Bertz CT molecular complexity index is 344. The van der Waals surface area contributed by atoms with E-state index in [1.807, 2.05) is 0 Å². The van der Waals surface area contributed by atoms with Gasteiger partial charge in [-0.25, -0.2) is 4.79 Å². The summed E-state index contributed by atoms with van der Waals surface area (Å²) in [5, 5.41) is 0. The van der Waals surface area contributed by atoms with Gasteiger partial charge in [-0.15, -0.1) is 0 Å². The van der Waals surface area contributed by atoms with E-state index in [0.29, 0.717) is 12.0 Å². The normalized spacial score (nSPS) is 12.5. The molecular weight excluding hydrogens is 222 g/mol. The molecule has 0 aliphatic carbocycles. The molecule has 0 aliphatic rings. The Labute approximate surface area is 89.6 Å². The maximum atomic E-state index is 11.1. The van der Waals surface area contributed by atoms with Crippen LogP contribution in [0.1, 0.15) is 20.3 Å². The lowest BCUT2D eigenvalue weighted by atomic mass is 10.1. The van der Waals surface area contributed by atoms with Crippen LogP contribution in [0.15, 0.2) is 11.1 Å². The van der Waals surface area contributed by atoms with Crippen LogP contribution in [0.3, 0.4) is 0 Å². The molecule has 0 heterocycles. The van der Waals surface area contributed by atoms with Gasteiger partial charge in [-0.05, 0) is 13.3 Å². The Kier molecular flexibility index (Phi) is 7.20. The lowest BCUT2D eigenvalue weighted by molar-refractivity contribution is -0.136. The SMILES string of the molecule is CCC(C)=C(CS(=O)(=O)O)C(=O)OC.N. The highest BCUT2D eigenvalue weighted by atomic mass is 32.2. The Balaban J connectivity index is 0. The molecule has 0 spiro atoms. The topological polar surface area (TPSA) is 116 Å². The van der Waals surface area contributed by atoms with Gasteiger partial charge in [0.05, 0.1) is 12.7 Å². The highest BCUT2D eigenvalue weighted by Gasteiger charge is 2.19. The van der Waals surface area contributed by atoms with Gasteiger partial charge < -0.3 is 10.9 Å². The smallest absolute Gasteiger partial charge is 0.334 e. The summed E-state index contributed by atoms with van der Waals surface area (Å²) >= 11 is 0. The molecule has 6 nitrogen and oxygen atoms in total. The van der Waals surface area contributed by atoms with Crippen LogP contribution in [0.5, 0.6) is 0 Å². The second-order valence-corrected chi connectivity index (χ2v) is 4.28. The summed E-state index contributed by atoms with van der Waals surface area (Å²) in [7, 11) is -3.03. The van der Waals surface area contributed by atoms with Crippen LogP contribution >= 0.6 is 0 Å². The first kappa shape index (κ1) is 16.5. The summed E-state index contributed by atoms with van der Waals surface area (Å²) in [5.74, 6) is -1.42. The zero-order chi connectivity index (χ0) is 11.4. The number of carbonyl (C=O) groups excluding carboxylic acids is 1. The molecule has 0 aromatic heterocycles. The molecule has 0 radical (unpaired) electrons. The fourth-order valence-electron chi connectivity index (χ4n) is 0.875. The van der Waals surface area contributed by atoms with Crippen LogP contribution in [0.2, 0.25) is 0 Å². The van der Waals surface area contributed by atoms with Crippen molar-refractivity contribution in [1.82, 2.24) is 6.15 Å². The van der Waals surface area contributed by atoms with Crippen LogP contribution in [0, 0.1) is 0 Å². The molecule has 0 saturated heterocycles. The minimum absolute atomic E-state index is 0. The number of esters is 1. The van der Waals surface area contributed by atoms with Crippen molar-refractivity contribution in [1.29, 1.82) is 0 Å². The van der Waals surface area contributed by atoms with Gasteiger partial charge in [0.15, 0.2) is 0 Å². The molecule has 0 unspecified atom stereocenters. The van der Waals surface area contributed by atoms with Crippen LogP contribution in [-0.4, -0.2) is 31.8 Å². The summed E-state index contributed by atoms with van der Waals surface area (Å²) in [6.07, 6.45) is 0.528. The van der Waals surface area contributed by atoms with E-state index in [2.05, 4.69) is 4.74 Å². The van der Waals surface area contributed by atoms with Crippen molar-refractivity contribution in [2.45, 2.75) is 20.3 Å². The van der Waals surface area contributed by atoms with Crippen LogP contribution in [-0.2, 0) is 19.6 Å². The van der Waals surface area contributed by atoms with E-state index in [9.17, 15) is 13.2 Å². The minimum atomic E-state index is -4.19. The van der Waals surface area contributed by atoms with Gasteiger partial charge in [0.25, 0.3) is 10.1 Å². The first-order valence-corrected chi connectivity index (χ1v) is 5.64. The molecule has 7 heteroatoms. The first-order valence-electron chi connectivity index (χ1n) is 4.04. The van der Waals surface area contributed by atoms with Gasteiger partial charge in [-0.3, -0.25) is 4.55 Å². The number of hydrogen-bond acceptors (Lipinski definition) is 5. The lowest BCUT2D eigenvalue weighted by Gasteiger charge is -2.06. The highest BCUT2D eigenvalue weighted by molar-refractivity contribution is 7.86. The number of carbonyl (C=O) groups is 1. The van der Waals surface area contributed by atoms with Crippen LogP contribution in [0.4, 0.5) is 0 Å². The van der Waals surface area contributed by atoms with Crippen LogP contribution in [0.25, 0.3) is 0 Å². The predicted octanol–water partition coefficient (Wildman–Crippen LogP) is 0.936. The molecule has 0 aliphatic heterocycles. The minimum Gasteiger partial charge on any atom is -0.466 e. The number of rotatable bonds is 4. The third-order valence-corrected chi connectivity index (χ3v) is 2.46. The van der Waals surface area contributed by atoms with E-state index in [1.165, 1.54) is 0 Å². The number of methoxy groups -OCH3 is 1. The van der Waals surface area contributed by atoms with E-state index in [4.69, 9.17) is 4.55 Å². The maximum absolute atomic E-state index is 11.1. The summed E-state index contributed by atoms with van der Waals surface area (Å²) in [6, 6.07) is 0. The molecule has 90 valence electrons. The van der Waals surface area contributed by atoms with Gasteiger partial charge in [0.2, 0.25) is 0 Å². The monoisotopic (exact) mass is 239 g/mol. The molecule has 0 saturated carbocycles. The van der Waals surface area contributed by atoms with E-state index in [0.717, 1.165) is 7.11 Å². The van der Waals surface area contributed by atoms with E-state index < -0.39 is 21.8 Å². The third-order valence-electron chi connectivity index (χ3n) is 1.80. The number of ether oxygens (including phenoxy) is 1. The van der Waals surface area contributed by atoms with Crippen molar-refractivity contribution in [2.75, 3.05) is 12.9 Å². The van der Waals surface area contributed by atoms with Gasteiger partial charge in [-0.2, -0.15) is 8.42 Å². The van der Waals surface area contributed by atoms with Crippen molar-refractivity contribution in [3.05, 3.63) is 11.1 Å². The standard InChI is InChI=1S/C8H14O5S.H3N/c1-4-6(2)7(8(9)13-3)5-14(10,11)12;/h4-5H2,1-3H3,(H,10,11,12);1H3. The first-order chi connectivity index (χ1) is 6.31. The predicted molar refractivity (Wildman–Crippen MR) is 56.4 cm³/mol. The highest BCUT2D eigenvalue weighted by Crippen LogP contribution is 2.11.